The van der Waals surface area contributed by atoms with E-state index in [1.165, 1.54) is 0 Å². The van der Waals surface area contributed by atoms with Crippen molar-refractivity contribution in [1.29, 1.82) is 0 Å². The Morgan fingerprint density at radius 3 is 1.15 bits per heavy atom. The molecule has 1 aliphatic heterocycles. The van der Waals surface area contributed by atoms with Crippen molar-refractivity contribution in [3.05, 3.63) is 71.8 Å². The second-order valence-corrected chi connectivity index (χ2v) is 9.69. The van der Waals surface area contributed by atoms with Gasteiger partial charge in [-0.1, -0.05) is 60.7 Å². The van der Waals surface area contributed by atoms with Crippen LogP contribution in [0, 0.1) is 0 Å². The average Bonchev–Trinajstić information content (AvgIpc) is 2.97. The van der Waals surface area contributed by atoms with Crippen molar-refractivity contribution in [2.75, 3.05) is 79.0 Å². The van der Waals surface area contributed by atoms with Crippen LogP contribution in [0.3, 0.4) is 0 Å². The third-order valence-corrected chi connectivity index (χ3v) is 6.62. The van der Waals surface area contributed by atoms with E-state index in [4.69, 9.17) is 30.4 Å². The van der Waals surface area contributed by atoms with Crippen LogP contribution in [0.5, 0.6) is 0 Å². The molecule has 40 heavy (non-hydrogen) atoms. The fraction of sp³-hybridized carbons (Fsp3) is 0.533. The first kappa shape index (κ1) is 31.7. The van der Waals surface area contributed by atoms with Crippen LogP contribution in [-0.4, -0.2) is 113 Å². The molecule has 0 radical (unpaired) electrons. The van der Waals surface area contributed by atoms with Crippen LogP contribution < -0.4 is 11.5 Å². The van der Waals surface area contributed by atoms with Gasteiger partial charge in [0.1, 0.15) is 0 Å². The second kappa shape index (κ2) is 18.5. The summed E-state index contributed by atoms with van der Waals surface area (Å²) in [5.74, 6) is -0.263. The fourth-order valence-electron chi connectivity index (χ4n) is 4.39. The van der Waals surface area contributed by atoms with Crippen LogP contribution in [0.4, 0.5) is 0 Å². The topological polar surface area (TPSA) is 130 Å². The molecule has 0 spiro atoms. The molecular weight excluding hydrogens is 512 g/mol. The number of amides is 2. The number of hydrogen-bond donors (Lipinski definition) is 2. The second-order valence-electron chi connectivity index (χ2n) is 9.69. The number of benzene rings is 2. The molecule has 4 N–H and O–H groups in total. The highest BCUT2D eigenvalue weighted by molar-refractivity contribution is 5.82. The SMILES string of the molecule is NC(Cc1ccccc1)C(=O)N1CCOCCOCCN(C(=O)C(N)Cc2ccccc2)CCOCCOCC1. The standard InChI is InChI=1S/C30H44N4O6/c31-27(23-25-7-3-1-4-8-25)29(35)33-11-15-37-19-21-39-17-13-34(14-18-40-22-20-38-16-12-33)30(36)28(32)24-26-9-5-2-6-10-26/h1-10,27-28H,11-24,31-32H2. The maximum atomic E-state index is 13.1. The Morgan fingerprint density at radius 1 is 0.550 bits per heavy atom. The molecule has 1 fully saturated rings. The van der Waals surface area contributed by atoms with E-state index in [1.807, 2.05) is 60.7 Å². The van der Waals surface area contributed by atoms with Gasteiger partial charge in [-0.3, -0.25) is 9.59 Å². The molecule has 10 nitrogen and oxygen atoms in total. The van der Waals surface area contributed by atoms with E-state index < -0.39 is 12.1 Å². The van der Waals surface area contributed by atoms with E-state index in [1.54, 1.807) is 9.80 Å². The Kier molecular flexibility index (Phi) is 14.6. The van der Waals surface area contributed by atoms with Gasteiger partial charge in [-0.15, -0.1) is 0 Å². The molecule has 1 aliphatic rings. The van der Waals surface area contributed by atoms with Gasteiger partial charge in [-0.05, 0) is 24.0 Å². The monoisotopic (exact) mass is 556 g/mol. The summed E-state index contributed by atoms with van der Waals surface area (Å²) >= 11 is 0. The molecule has 0 saturated carbocycles. The first-order chi connectivity index (χ1) is 19.5. The van der Waals surface area contributed by atoms with Gasteiger partial charge in [0.05, 0.1) is 64.9 Å². The highest BCUT2D eigenvalue weighted by atomic mass is 16.5. The van der Waals surface area contributed by atoms with Crippen LogP contribution in [0.2, 0.25) is 0 Å². The third-order valence-electron chi connectivity index (χ3n) is 6.62. The predicted octanol–water partition coefficient (Wildman–Crippen LogP) is 0.864. The number of carbonyl (C=O) groups excluding carboxylic acids is 2. The van der Waals surface area contributed by atoms with E-state index in [0.717, 1.165) is 11.1 Å². The molecule has 2 aromatic rings. The summed E-state index contributed by atoms with van der Waals surface area (Å²) in [6.45, 7) is 4.54. The summed E-state index contributed by atoms with van der Waals surface area (Å²) in [5.41, 5.74) is 14.5. The molecule has 0 aliphatic carbocycles. The summed E-state index contributed by atoms with van der Waals surface area (Å²) in [6, 6.07) is 18.2. The molecule has 0 bridgehead atoms. The average molecular weight is 557 g/mol. The van der Waals surface area contributed by atoms with Crippen LogP contribution in [0.15, 0.2) is 60.7 Å². The van der Waals surface area contributed by atoms with Gasteiger partial charge in [0, 0.05) is 26.2 Å². The number of hydrogen-bond acceptors (Lipinski definition) is 8. The maximum absolute atomic E-state index is 13.1. The van der Waals surface area contributed by atoms with Crippen molar-refractivity contribution in [3.63, 3.8) is 0 Å². The zero-order valence-corrected chi connectivity index (χ0v) is 23.3. The van der Waals surface area contributed by atoms with Crippen molar-refractivity contribution in [3.8, 4) is 0 Å². The van der Waals surface area contributed by atoms with Gasteiger partial charge in [0.25, 0.3) is 0 Å². The van der Waals surface area contributed by atoms with Crippen molar-refractivity contribution in [2.24, 2.45) is 11.5 Å². The number of carbonyl (C=O) groups is 2. The zero-order chi connectivity index (χ0) is 28.4. The van der Waals surface area contributed by atoms with Crippen molar-refractivity contribution >= 4 is 11.8 Å². The highest BCUT2D eigenvalue weighted by Crippen LogP contribution is 2.07. The largest absolute Gasteiger partial charge is 0.377 e. The van der Waals surface area contributed by atoms with Gasteiger partial charge in [0.2, 0.25) is 11.8 Å². The van der Waals surface area contributed by atoms with E-state index in [2.05, 4.69) is 0 Å². The summed E-state index contributed by atoms with van der Waals surface area (Å²) in [7, 11) is 0. The summed E-state index contributed by atoms with van der Waals surface area (Å²) in [5, 5.41) is 0. The molecule has 2 unspecified atom stereocenters. The van der Waals surface area contributed by atoms with E-state index in [9.17, 15) is 9.59 Å². The molecule has 220 valence electrons. The van der Waals surface area contributed by atoms with Crippen LogP contribution in [0.25, 0.3) is 0 Å². The molecule has 1 saturated heterocycles. The smallest absolute Gasteiger partial charge is 0.239 e. The maximum Gasteiger partial charge on any atom is 0.239 e. The van der Waals surface area contributed by atoms with Crippen molar-refractivity contribution in [1.82, 2.24) is 9.80 Å². The molecule has 2 amide bonds. The van der Waals surface area contributed by atoms with E-state index in [-0.39, 0.29) is 11.8 Å². The highest BCUT2D eigenvalue weighted by Gasteiger charge is 2.22. The molecule has 2 aromatic carbocycles. The first-order valence-electron chi connectivity index (χ1n) is 14.0. The van der Waals surface area contributed by atoms with Gasteiger partial charge in [-0.2, -0.15) is 0 Å². The predicted molar refractivity (Wildman–Crippen MR) is 153 cm³/mol. The van der Waals surface area contributed by atoms with Crippen LogP contribution >= 0.6 is 0 Å². The lowest BCUT2D eigenvalue weighted by molar-refractivity contribution is -0.135. The van der Waals surface area contributed by atoms with Gasteiger partial charge in [0.15, 0.2) is 0 Å². The summed E-state index contributed by atoms with van der Waals surface area (Å²) < 4.78 is 22.9. The molecule has 3 rings (SSSR count). The van der Waals surface area contributed by atoms with Gasteiger partial charge < -0.3 is 40.2 Å². The lowest BCUT2D eigenvalue weighted by Crippen LogP contribution is -2.47. The number of rotatable bonds is 6. The Labute approximate surface area is 237 Å². The number of ether oxygens (including phenoxy) is 4. The van der Waals surface area contributed by atoms with Crippen LogP contribution in [0.1, 0.15) is 11.1 Å². The Bertz CT molecular complexity index is 881. The van der Waals surface area contributed by atoms with Crippen molar-refractivity contribution in [2.45, 2.75) is 24.9 Å². The lowest BCUT2D eigenvalue weighted by Gasteiger charge is -2.27. The fourth-order valence-corrected chi connectivity index (χ4v) is 4.39. The minimum absolute atomic E-state index is 0.131. The molecular formula is C30H44N4O6. The molecule has 2 atom stereocenters. The lowest BCUT2D eigenvalue weighted by atomic mass is 10.1. The number of nitrogens with zero attached hydrogens (tertiary/aromatic N) is 2. The van der Waals surface area contributed by atoms with Crippen molar-refractivity contribution < 1.29 is 28.5 Å². The Hall–Kier alpha value is -2.86. The summed E-state index contributed by atoms with van der Waals surface area (Å²) in [6.07, 6.45) is 0.937. The number of nitrogens with two attached hydrogens (primary N) is 2. The Balaban J connectivity index is 1.47. The molecule has 1 heterocycles. The first-order valence-corrected chi connectivity index (χ1v) is 14.0. The zero-order valence-electron chi connectivity index (χ0n) is 23.3. The minimum atomic E-state index is -0.640. The Morgan fingerprint density at radius 2 is 0.850 bits per heavy atom. The van der Waals surface area contributed by atoms with E-state index >= 15 is 0 Å². The van der Waals surface area contributed by atoms with Gasteiger partial charge in [-0.25, -0.2) is 0 Å². The van der Waals surface area contributed by atoms with Gasteiger partial charge >= 0.3 is 0 Å². The molecule has 10 heteroatoms. The minimum Gasteiger partial charge on any atom is -0.377 e. The van der Waals surface area contributed by atoms with E-state index in [0.29, 0.717) is 91.9 Å². The quantitative estimate of drug-likeness (QED) is 0.536. The normalized spacial score (nSPS) is 18.8. The molecule has 0 aromatic heterocycles. The van der Waals surface area contributed by atoms with Crippen LogP contribution in [-0.2, 0) is 41.4 Å². The summed E-state index contributed by atoms with van der Waals surface area (Å²) in [4.78, 5) is 29.5. The third kappa shape index (κ3) is 11.7.